The van der Waals surface area contributed by atoms with Crippen LogP contribution in [0.2, 0.25) is 0 Å². The third kappa shape index (κ3) is 5.21. The van der Waals surface area contributed by atoms with Gasteiger partial charge in [0.1, 0.15) is 11.9 Å². The fraction of sp³-hybridized carbons (Fsp3) is 0.240. The maximum atomic E-state index is 13.5. The largest absolute Gasteiger partial charge is 0.378 e. The molecule has 1 aliphatic heterocycles. The van der Waals surface area contributed by atoms with Gasteiger partial charge in [-0.15, -0.1) is 0 Å². The number of halogens is 1. The highest BCUT2D eigenvalue weighted by Gasteiger charge is 2.33. The van der Waals surface area contributed by atoms with Crippen molar-refractivity contribution in [2.24, 2.45) is 0 Å². The molecule has 7 nitrogen and oxygen atoms in total. The summed E-state index contributed by atoms with van der Waals surface area (Å²) in [6.45, 7) is 4.47. The summed E-state index contributed by atoms with van der Waals surface area (Å²) in [7, 11) is -4.14. The predicted octanol–water partition coefficient (Wildman–Crippen LogP) is 3.88. The first-order chi connectivity index (χ1) is 16.4. The van der Waals surface area contributed by atoms with E-state index < -0.39 is 27.8 Å². The van der Waals surface area contributed by atoms with Crippen molar-refractivity contribution >= 4 is 33.0 Å². The van der Waals surface area contributed by atoms with Crippen LogP contribution in [0.25, 0.3) is 0 Å². The van der Waals surface area contributed by atoms with E-state index in [0.29, 0.717) is 24.6 Å². The summed E-state index contributed by atoms with van der Waals surface area (Å²) in [6.07, 6.45) is 0. The number of ether oxygens (including phenoxy) is 1. The van der Waals surface area contributed by atoms with Crippen LogP contribution in [0.4, 0.5) is 21.5 Å². The molecule has 4 rings (SSSR count). The zero-order chi connectivity index (χ0) is 24.1. The Morgan fingerprint density at radius 2 is 1.59 bits per heavy atom. The van der Waals surface area contributed by atoms with Crippen LogP contribution in [-0.2, 0) is 19.6 Å². The molecular weight excluding hydrogens is 457 g/mol. The second-order valence-corrected chi connectivity index (χ2v) is 9.72. The third-order valence-corrected chi connectivity index (χ3v) is 7.54. The zero-order valence-electron chi connectivity index (χ0n) is 18.7. The van der Waals surface area contributed by atoms with E-state index in [9.17, 15) is 17.6 Å². The summed E-state index contributed by atoms with van der Waals surface area (Å²) in [4.78, 5) is 15.2. The highest BCUT2D eigenvalue weighted by Crippen LogP contribution is 2.27. The van der Waals surface area contributed by atoms with E-state index in [0.717, 1.165) is 35.2 Å². The van der Waals surface area contributed by atoms with E-state index in [2.05, 4.69) is 10.2 Å². The summed E-state index contributed by atoms with van der Waals surface area (Å²) in [5.74, 6) is -1.04. The van der Waals surface area contributed by atoms with Crippen molar-refractivity contribution in [3.63, 3.8) is 0 Å². The Labute approximate surface area is 198 Å². The molecule has 0 bridgehead atoms. The summed E-state index contributed by atoms with van der Waals surface area (Å²) in [5.41, 5.74) is 1.91. The summed E-state index contributed by atoms with van der Waals surface area (Å²) in [6, 6.07) is 19.2. The van der Waals surface area contributed by atoms with Crippen molar-refractivity contribution in [1.82, 2.24) is 0 Å². The van der Waals surface area contributed by atoms with E-state index in [1.165, 1.54) is 19.1 Å². The molecule has 0 saturated carbocycles. The molecule has 3 aromatic carbocycles. The molecule has 1 atom stereocenters. The lowest BCUT2D eigenvalue weighted by Gasteiger charge is -2.30. The van der Waals surface area contributed by atoms with Gasteiger partial charge in [0.15, 0.2) is 0 Å². The van der Waals surface area contributed by atoms with Crippen LogP contribution in [0.5, 0.6) is 0 Å². The van der Waals surface area contributed by atoms with Gasteiger partial charge >= 0.3 is 0 Å². The molecule has 1 fully saturated rings. The van der Waals surface area contributed by atoms with Crippen molar-refractivity contribution in [3.05, 3.63) is 84.7 Å². The fourth-order valence-electron chi connectivity index (χ4n) is 3.80. The van der Waals surface area contributed by atoms with Crippen LogP contribution in [-0.4, -0.2) is 46.7 Å². The van der Waals surface area contributed by atoms with Crippen LogP contribution in [0.3, 0.4) is 0 Å². The molecule has 178 valence electrons. The Bertz CT molecular complexity index is 1210. The lowest BCUT2D eigenvalue weighted by atomic mass is 10.2. The first-order valence-corrected chi connectivity index (χ1v) is 12.4. The minimum atomic E-state index is -4.14. The number of hydrogen-bond donors (Lipinski definition) is 1. The first kappa shape index (κ1) is 23.7. The number of rotatable bonds is 7. The minimum Gasteiger partial charge on any atom is -0.378 e. The number of benzene rings is 3. The van der Waals surface area contributed by atoms with E-state index in [-0.39, 0.29) is 4.90 Å². The number of carbonyl (C=O) groups is 1. The van der Waals surface area contributed by atoms with Gasteiger partial charge in [0.05, 0.1) is 23.8 Å². The molecule has 1 saturated heterocycles. The third-order valence-electron chi connectivity index (χ3n) is 5.62. The number of sulfonamides is 1. The number of nitrogens with one attached hydrogen (secondary N) is 1. The molecule has 1 aliphatic rings. The highest BCUT2D eigenvalue weighted by atomic mass is 32.2. The zero-order valence-corrected chi connectivity index (χ0v) is 19.5. The van der Waals surface area contributed by atoms with Gasteiger partial charge in [-0.3, -0.25) is 9.10 Å². The van der Waals surface area contributed by atoms with Gasteiger partial charge < -0.3 is 15.0 Å². The van der Waals surface area contributed by atoms with Crippen molar-refractivity contribution in [3.8, 4) is 0 Å². The van der Waals surface area contributed by atoms with Gasteiger partial charge in [-0.25, -0.2) is 12.8 Å². The average molecular weight is 484 g/mol. The van der Waals surface area contributed by atoms with Crippen LogP contribution >= 0.6 is 0 Å². The summed E-state index contributed by atoms with van der Waals surface area (Å²) in [5, 5.41) is 2.81. The minimum absolute atomic E-state index is 0.104. The van der Waals surface area contributed by atoms with Crippen LogP contribution in [0.15, 0.2) is 83.8 Å². The molecule has 1 unspecified atom stereocenters. The fourth-order valence-corrected chi connectivity index (χ4v) is 5.41. The van der Waals surface area contributed by atoms with Gasteiger partial charge in [-0.2, -0.15) is 0 Å². The number of amides is 1. The quantitative estimate of drug-likeness (QED) is 0.552. The molecular formula is C25H26FN3O4S. The van der Waals surface area contributed by atoms with Gasteiger partial charge in [0.2, 0.25) is 5.91 Å². The number of anilines is 3. The summed E-state index contributed by atoms with van der Waals surface area (Å²) < 4.78 is 46.8. The smallest absolute Gasteiger partial charge is 0.265 e. The van der Waals surface area contributed by atoms with Crippen molar-refractivity contribution in [1.29, 1.82) is 0 Å². The maximum Gasteiger partial charge on any atom is 0.265 e. The lowest BCUT2D eigenvalue weighted by molar-refractivity contribution is -0.116. The Hall–Kier alpha value is -3.43. The number of para-hydroxylation sites is 1. The van der Waals surface area contributed by atoms with Gasteiger partial charge in [0.25, 0.3) is 10.0 Å². The van der Waals surface area contributed by atoms with Gasteiger partial charge in [0, 0.05) is 24.5 Å². The van der Waals surface area contributed by atoms with E-state index in [1.807, 2.05) is 12.1 Å². The predicted molar refractivity (Wildman–Crippen MR) is 130 cm³/mol. The second-order valence-electron chi connectivity index (χ2n) is 7.90. The topological polar surface area (TPSA) is 79.0 Å². The van der Waals surface area contributed by atoms with Crippen molar-refractivity contribution in [2.75, 3.05) is 40.8 Å². The standard InChI is InChI=1S/C25H26FN3O4S/c1-19(25(30)27-21-9-11-22(12-10-21)28-15-17-33-18-16-28)29(23-5-3-2-4-6-23)34(31,32)24-13-7-20(26)8-14-24/h2-14,19H,15-18H2,1H3,(H,27,30). The Balaban J connectivity index is 1.57. The molecule has 1 amide bonds. The highest BCUT2D eigenvalue weighted by molar-refractivity contribution is 7.93. The first-order valence-electron chi connectivity index (χ1n) is 10.9. The van der Waals surface area contributed by atoms with Gasteiger partial charge in [-0.1, -0.05) is 18.2 Å². The molecule has 9 heteroatoms. The Morgan fingerprint density at radius 3 is 2.21 bits per heavy atom. The van der Waals surface area contributed by atoms with Crippen LogP contribution in [0, 0.1) is 5.82 Å². The lowest BCUT2D eigenvalue weighted by Crippen LogP contribution is -2.45. The molecule has 34 heavy (non-hydrogen) atoms. The van der Waals surface area contributed by atoms with E-state index >= 15 is 0 Å². The molecule has 1 N–H and O–H groups in total. The Morgan fingerprint density at radius 1 is 0.971 bits per heavy atom. The number of carbonyl (C=O) groups excluding carboxylic acids is 1. The summed E-state index contributed by atoms with van der Waals surface area (Å²) >= 11 is 0. The van der Waals surface area contributed by atoms with E-state index in [1.54, 1.807) is 42.5 Å². The van der Waals surface area contributed by atoms with Crippen LogP contribution in [0.1, 0.15) is 6.92 Å². The van der Waals surface area contributed by atoms with Gasteiger partial charge in [-0.05, 0) is 67.6 Å². The molecule has 0 spiro atoms. The molecule has 1 heterocycles. The molecule has 0 aromatic heterocycles. The van der Waals surface area contributed by atoms with Crippen molar-refractivity contribution < 1.29 is 22.3 Å². The molecule has 0 radical (unpaired) electrons. The Kier molecular flexibility index (Phi) is 7.14. The number of nitrogens with zero attached hydrogens (tertiary/aromatic N) is 2. The maximum absolute atomic E-state index is 13.5. The number of hydrogen-bond acceptors (Lipinski definition) is 5. The normalized spacial score (nSPS) is 14.9. The number of morpholine rings is 1. The van der Waals surface area contributed by atoms with E-state index in [4.69, 9.17) is 4.74 Å². The monoisotopic (exact) mass is 483 g/mol. The molecule has 0 aliphatic carbocycles. The van der Waals surface area contributed by atoms with Crippen LogP contribution < -0.4 is 14.5 Å². The molecule has 3 aromatic rings. The average Bonchev–Trinajstić information content (AvgIpc) is 2.86. The second kappa shape index (κ2) is 10.2. The van der Waals surface area contributed by atoms with Crippen molar-refractivity contribution in [2.45, 2.75) is 17.9 Å². The SMILES string of the molecule is CC(C(=O)Nc1ccc(N2CCOCC2)cc1)N(c1ccccc1)S(=O)(=O)c1ccc(F)cc1.